The number of rotatable bonds is 14. The van der Waals surface area contributed by atoms with Crippen LogP contribution in [0.2, 0.25) is 0 Å². The van der Waals surface area contributed by atoms with Crippen LogP contribution in [0.3, 0.4) is 0 Å². The van der Waals surface area contributed by atoms with Gasteiger partial charge in [-0.05, 0) is 61.1 Å². The summed E-state index contributed by atoms with van der Waals surface area (Å²) in [5.74, 6) is -4.47. The third-order valence-electron chi connectivity index (χ3n) is 13.8. The molecule has 61 heavy (non-hydrogen) atoms. The molecular formula is C45H55Ac2O13P. The van der Waals surface area contributed by atoms with Crippen molar-refractivity contribution in [3.05, 3.63) is 114 Å². The number of carbonyl (C=O) groups excluding carboxylic acids is 2. The van der Waals surface area contributed by atoms with Crippen molar-refractivity contribution in [3.63, 3.8) is 0 Å². The van der Waals surface area contributed by atoms with E-state index in [0.29, 0.717) is 11.3 Å². The van der Waals surface area contributed by atoms with Crippen molar-refractivity contribution in [2.45, 2.75) is 109 Å². The van der Waals surface area contributed by atoms with Gasteiger partial charge >= 0.3 is 13.8 Å². The van der Waals surface area contributed by atoms with E-state index in [0.717, 1.165) is 11.1 Å². The van der Waals surface area contributed by atoms with Crippen molar-refractivity contribution >= 4 is 19.6 Å². The number of ether oxygens (including phenoxy) is 3. The first-order valence-electron chi connectivity index (χ1n) is 20.1. The maximum absolute atomic E-state index is 15.1. The van der Waals surface area contributed by atoms with Gasteiger partial charge in [0, 0.05) is 118 Å². The molecule has 2 saturated carbocycles. The SMILES string of the molecule is [Ac].[Ac].[CH][C@@H](c1ccco1)[C@@H](C)C(=O)OC1CC2(O)[C@@H](C)C3C4(O)COC4CC(OCOP(=O)(OCc4ccccc4)OCc4ccccc4)[C@@]3(C)C(=O)C(O)C(=C1C)C2(C)C. The van der Waals surface area contributed by atoms with E-state index in [-0.39, 0.29) is 126 Å². The van der Waals surface area contributed by atoms with Gasteiger partial charge in [0.15, 0.2) is 12.6 Å². The van der Waals surface area contributed by atoms with Crippen LogP contribution < -0.4 is 0 Å². The molecule has 7 rings (SSSR count). The first-order valence-corrected chi connectivity index (χ1v) is 21.6. The fourth-order valence-corrected chi connectivity index (χ4v) is 11.2. The second kappa shape index (κ2) is 20.1. The van der Waals surface area contributed by atoms with Gasteiger partial charge in [0.25, 0.3) is 0 Å². The minimum atomic E-state index is -4.30. The molecule has 16 heteroatoms. The Morgan fingerprint density at radius 3 is 2.07 bits per heavy atom. The van der Waals surface area contributed by atoms with Gasteiger partial charge in [0.05, 0.1) is 55.2 Å². The summed E-state index contributed by atoms with van der Waals surface area (Å²) >= 11 is 0. The number of Topliss-reactive ketones (excluding diaryl/α,β-unsaturated/α-hetero) is 1. The van der Waals surface area contributed by atoms with E-state index in [2.05, 4.69) is 0 Å². The monoisotopic (exact) mass is 1290 g/mol. The first-order chi connectivity index (χ1) is 27.9. The molecule has 3 aliphatic carbocycles. The van der Waals surface area contributed by atoms with Gasteiger partial charge in [-0.2, -0.15) is 0 Å². The zero-order valence-corrected chi connectivity index (χ0v) is 45.9. The van der Waals surface area contributed by atoms with E-state index in [1.165, 1.54) is 6.26 Å². The van der Waals surface area contributed by atoms with Gasteiger partial charge in [-0.15, -0.1) is 0 Å². The number of hydrogen-bond acceptors (Lipinski definition) is 13. The fourth-order valence-electron chi connectivity index (χ4n) is 10.2. The summed E-state index contributed by atoms with van der Waals surface area (Å²) in [7, 11) is -4.30. The minimum Gasteiger partial charge on any atom is -0.469 e. The molecule has 4 radical (unpaired) electrons. The normalized spacial score (nSPS) is 32.7. The predicted octanol–water partition coefficient (Wildman–Crippen LogP) is 6.74. The number of ketones is 1. The molecule has 324 valence electrons. The number of fused-ring (bicyclic) bond motifs is 5. The number of benzene rings is 2. The van der Waals surface area contributed by atoms with Crippen molar-refractivity contribution < 1.29 is 150 Å². The summed E-state index contributed by atoms with van der Waals surface area (Å²) in [5.41, 5.74) is -4.15. The first kappa shape index (κ1) is 51.4. The summed E-state index contributed by atoms with van der Waals surface area (Å²) in [4.78, 5) is 28.8. The number of furan rings is 1. The summed E-state index contributed by atoms with van der Waals surface area (Å²) in [6.45, 7) is 15.6. The summed E-state index contributed by atoms with van der Waals surface area (Å²) in [6.07, 6.45) is -3.34. The van der Waals surface area contributed by atoms with Crippen LogP contribution in [0.1, 0.15) is 77.2 Å². The number of hydrogen-bond donors (Lipinski definition) is 3. The number of phosphoric ester groups is 1. The standard InChI is InChI=1S/C45H55O13P.2Ac/c1-27(33-19-14-20-52-33)28(2)41(48)58-34-22-45(50)30(4)39-43(7,40(47)38(46)37(29(34)3)42(45,5)6)35(21-36-44(39,49)25-53-36)54-26-57-59(51,55-23-31-15-10-8-11-16-31)56-24-32-17-12-9-13-18-32;;/h1,8-20,27-28,30,34-36,38-39,46,49-50H,21-26H2,2-7H3;;/t27-,28-,30+,34?,35?,36?,38?,39?,43-,44?,45?;;/m1../s1. The Bertz CT molecular complexity index is 2020. The van der Waals surface area contributed by atoms with Crippen molar-refractivity contribution in [2.24, 2.45) is 28.6 Å². The number of aliphatic hydroxyl groups excluding tert-OH is 1. The van der Waals surface area contributed by atoms with Crippen molar-refractivity contribution in [1.29, 1.82) is 0 Å². The van der Waals surface area contributed by atoms with Crippen LogP contribution in [0.25, 0.3) is 0 Å². The number of esters is 1. The van der Waals surface area contributed by atoms with Crippen LogP contribution in [0.5, 0.6) is 0 Å². The van der Waals surface area contributed by atoms with Gasteiger partial charge in [-0.3, -0.25) is 23.2 Å². The molecule has 0 amide bonds. The Morgan fingerprint density at radius 1 is 0.951 bits per heavy atom. The molecule has 0 spiro atoms. The maximum Gasteiger partial charge on any atom is 0.477 e. The van der Waals surface area contributed by atoms with Crippen LogP contribution in [-0.4, -0.2) is 76.1 Å². The summed E-state index contributed by atoms with van der Waals surface area (Å²) < 4.78 is 55.2. The van der Waals surface area contributed by atoms with Crippen LogP contribution in [0, 0.1) is 124 Å². The molecule has 7 unspecified atom stereocenters. The third-order valence-corrected chi connectivity index (χ3v) is 15.1. The maximum atomic E-state index is 15.1. The second-order valence-electron chi connectivity index (χ2n) is 17.3. The van der Waals surface area contributed by atoms with E-state index in [1.807, 2.05) is 36.4 Å². The van der Waals surface area contributed by atoms with Crippen LogP contribution in [0.4, 0.5) is 0 Å². The molecule has 2 bridgehead atoms. The largest absolute Gasteiger partial charge is 0.477 e. The Labute approximate surface area is 429 Å². The molecule has 1 saturated heterocycles. The van der Waals surface area contributed by atoms with E-state index in [4.69, 9.17) is 39.1 Å². The Morgan fingerprint density at radius 2 is 1.54 bits per heavy atom. The molecule has 11 atom stereocenters. The molecular weight excluding hydrogens is 1230 g/mol. The Kier molecular flexibility index (Phi) is 16.9. The van der Waals surface area contributed by atoms with E-state index in [1.54, 1.807) is 77.9 Å². The third kappa shape index (κ3) is 9.51. The average molecular weight is 1290 g/mol. The number of carbonyl (C=O) groups is 2. The fraction of sp³-hybridized carbons (Fsp3) is 0.533. The van der Waals surface area contributed by atoms with Crippen molar-refractivity contribution in [1.82, 2.24) is 0 Å². The van der Waals surface area contributed by atoms with Crippen molar-refractivity contribution in [3.8, 4) is 0 Å². The molecule has 13 nitrogen and oxygen atoms in total. The molecule has 1 aliphatic heterocycles. The topological polar surface area (TPSA) is 180 Å². The zero-order chi connectivity index (χ0) is 42.5. The molecule has 3 fully saturated rings. The van der Waals surface area contributed by atoms with E-state index < -0.39 is 96.5 Å². The molecule has 2 aromatic carbocycles. The van der Waals surface area contributed by atoms with E-state index >= 15 is 4.79 Å². The molecule has 3 aromatic rings. The quantitative estimate of drug-likeness (QED) is 0.0670. The Hall–Kier alpha value is -0.607. The smallest absolute Gasteiger partial charge is 0.469 e. The molecule has 1 aromatic heterocycles. The second-order valence-corrected chi connectivity index (χ2v) is 19.0. The number of phosphoric acid groups is 1. The zero-order valence-electron chi connectivity index (χ0n) is 35.5. The van der Waals surface area contributed by atoms with Crippen LogP contribution in [-0.2, 0) is 55.1 Å². The van der Waals surface area contributed by atoms with Gasteiger partial charge in [-0.1, -0.05) is 88.4 Å². The molecule has 2 heterocycles. The number of aliphatic hydroxyl groups is 3. The van der Waals surface area contributed by atoms with E-state index in [9.17, 15) is 24.7 Å². The minimum absolute atomic E-state index is 0. The van der Waals surface area contributed by atoms with Gasteiger partial charge in [0.1, 0.15) is 23.6 Å². The Balaban J connectivity index is 0.00000352. The molecule has 4 aliphatic rings. The molecule has 3 N–H and O–H groups in total. The summed E-state index contributed by atoms with van der Waals surface area (Å²) in [6, 6.07) is 21.5. The average Bonchev–Trinajstić information content (AvgIpc) is 3.76. The van der Waals surface area contributed by atoms with Crippen LogP contribution >= 0.6 is 7.82 Å². The predicted molar refractivity (Wildman–Crippen MR) is 213 cm³/mol. The van der Waals surface area contributed by atoms with Gasteiger partial charge in [0.2, 0.25) is 0 Å². The van der Waals surface area contributed by atoms with Crippen molar-refractivity contribution in [2.75, 3.05) is 13.4 Å². The summed E-state index contributed by atoms with van der Waals surface area (Å²) in [5, 5.41) is 37.8. The van der Waals surface area contributed by atoms with Crippen LogP contribution in [0.15, 0.2) is 94.6 Å². The van der Waals surface area contributed by atoms with Gasteiger partial charge in [-0.25, -0.2) is 4.57 Å². The van der Waals surface area contributed by atoms with Gasteiger partial charge < -0.3 is 33.9 Å².